The summed E-state index contributed by atoms with van der Waals surface area (Å²) in [5, 5.41) is 0.382. The Hall–Kier alpha value is -0.530. The van der Waals surface area contributed by atoms with E-state index in [0.29, 0.717) is 11.7 Å². The van der Waals surface area contributed by atoms with E-state index in [1.165, 1.54) is 22.4 Å². The molecule has 0 aliphatic carbocycles. The predicted molar refractivity (Wildman–Crippen MR) is 60.8 cm³/mol. The molecular weight excluding hydrogens is 263 g/mol. The van der Waals surface area contributed by atoms with Crippen LogP contribution in [0.5, 0.6) is 0 Å². The minimum absolute atomic E-state index is 0. The molecule has 0 bridgehead atoms. The van der Waals surface area contributed by atoms with Crippen LogP contribution >= 0.6 is 23.7 Å². The molecular formula is C8H13ClF3N3S. The number of rotatable bonds is 4. The molecule has 0 unspecified atom stereocenters. The van der Waals surface area contributed by atoms with Crippen LogP contribution in [0.25, 0.3) is 0 Å². The van der Waals surface area contributed by atoms with Gasteiger partial charge in [-0.3, -0.25) is 4.90 Å². The van der Waals surface area contributed by atoms with E-state index in [1.807, 2.05) is 0 Å². The normalized spacial score (nSPS) is 11.6. The van der Waals surface area contributed by atoms with Crippen molar-refractivity contribution < 1.29 is 13.2 Å². The van der Waals surface area contributed by atoms with Crippen LogP contribution in [0.4, 0.5) is 18.3 Å². The van der Waals surface area contributed by atoms with Gasteiger partial charge in [0.2, 0.25) is 0 Å². The molecule has 0 amide bonds. The van der Waals surface area contributed by atoms with Gasteiger partial charge >= 0.3 is 6.18 Å². The van der Waals surface area contributed by atoms with Gasteiger partial charge in [-0.05, 0) is 6.54 Å². The van der Waals surface area contributed by atoms with Crippen LogP contribution in [0.15, 0.2) is 6.20 Å². The first-order valence-corrected chi connectivity index (χ1v) is 5.21. The van der Waals surface area contributed by atoms with Crippen LogP contribution in [0.3, 0.4) is 0 Å². The Morgan fingerprint density at radius 1 is 1.50 bits per heavy atom. The van der Waals surface area contributed by atoms with Crippen LogP contribution in [0.1, 0.15) is 11.8 Å². The quantitative estimate of drug-likeness (QED) is 0.918. The van der Waals surface area contributed by atoms with Crippen molar-refractivity contribution >= 4 is 28.9 Å². The van der Waals surface area contributed by atoms with Gasteiger partial charge in [0, 0.05) is 17.6 Å². The fourth-order valence-corrected chi connectivity index (χ4v) is 1.88. The lowest BCUT2D eigenvalue weighted by Gasteiger charge is -2.20. The lowest BCUT2D eigenvalue weighted by atomic mass is 10.4. The number of nitrogen functional groups attached to an aromatic ring is 1. The van der Waals surface area contributed by atoms with Crippen LogP contribution in [-0.2, 0) is 6.54 Å². The largest absolute Gasteiger partial charge is 0.401 e. The molecule has 2 N–H and O–H groups in total. The summed E-state index contributed by atoms with van der Waals surface area (Å²) < 4.78 is 36.4. The zero-order chi connectivity index (χ0) is 11.5. The molecule has 0 spiro atoms. The predicted octanol–water partition coefficient (Wildman–Crippen LogP) is 2.53. The van der Waals surface area contributed by atoms with Crippen molar-refractivity contribution in [3.63, 3.8) is 0 Å². The van der Waals surface area contributed by atoms with Crippen molar-refractivity contribution in [1.29, 1.82) is 0 Å². The molecule has 0 aliphatic heterocycles. The number of halogens is 4. The molecule has 1 heterocycles. The van der Waals surface area contributed by atoms with Crippen LogP contribution in [0.2, 0.25) is 0 Å². The summed E-state index contributed by atoms with van der Waals surface area (Å²) in [6.45, 7) is 1.37. The number of nitrogens with two attached hydrogens (primary N) is 1. The molecule has 0 atom stereocenters. The van der Waals surface area contributed by atoms with E-state index in [1.54, 1.807) is 6.92 Å². The van der Waals surface area contributed by atoms with Crippen molar-refractivity contribution in [2.45, 2.75) is 19.6 Å². The third-order valence-corrected chi connectivity index (χ3v) is 2.61. The van der Waals surface area contributed by atoms with Crippen molar-refractivity contribution in [3.05, 3.63) is 11.1 Å². The second kappa shape index (κ2) is 6.27. The van der Waals surface area contributed by atoms with E-state index in [-0.39, 0.29) is 19.0 Å². The van der Waals surface area contributed by atoms with Crippen molar-refractivity contribution in [2.75, 3.05) is 18.8 Å². The van der Waals surface area contributed by atoms with E-state index < -0.39 is 12.7 Å². The fourth-order valence-electron chi connectivity index (χ4n) is 1.15. The Morgan fingerprint density at radius 2 is 2.12 bits per heavy atom. The minimum Gasteiger partial charge on any atom is -0.375 e. The summed E-state index contributed by atoms with van der Waals surface area (Å²) in [5.74, 6) is 0. The molecule has 0 aliphatic rings. The van der Waals surface area contributed by atoms with Crippen molar-refractivity contribution in [3.8, 4) is 0 Å². The fraction of sp³-hybridized carbons (Fsp3) is 0.625. The number of alkyl halides is 3. The van der Waals surface area contributed by atoms with E-state index in [0.717, 1.165) is 4.88 Å². The molecule has 0 fully saturated rings. The maximum absolute atomic E-state index is 12.1. The average Bonchev–Trinajstić information content (AvgIpc) is 2.47. The molecule has 0 saturated heterocycles. The SMILES string of the molecule is CCN(Cc1cnc(N)s1)CC(F)(F)F.Cl. The van der Waals surface area contributed by atoms with Gasteiger partial charge in [0.15, 0.2) is 5.13 Å². The second-order valence-electron chi connectivity index (χ2n) is 3.08. The molecule has 0 aromatic carbocycles. The highest BCUT2D eigenvalue weighted by Gasteiger charge is 2.30. The first-order chi connectivity index (χ1) is 6.90. The highest BCUT2D eigenvalue weighted by atomic mass is 35.5. The summed E-state index contributed by atoms with van der Waals surface area (Å²) in [7, 11) is 0. The number of thiazole rings is 1. The molecule has 1 aromatic rings. The summed E-state index contributed by atoms with van der Waals surface area (Å²) in [6.07, 6.45) is -2.65. The van der Waals surface area contributed by atoms with Crippen molar-refractivity contribution in [1.82, 2.24) is 9.88 Å². The summed E-state index contributed by atoms with van der Waals surface area (Å²) in [6, 6.07) is 0. The van der Waals surface area contributed by atoms with Gasteiger partial charge in [-0.25, -0.2) is 4.98 Å². The van der Waals surface area contributed by atoms with E-state index in [9.17, 15) is 13.2 Å². The van der Waals surface area contributed by atoms with E-state index in [2.05, 4.69) is 4.98 Å². The summed E-state index contributed by atoms with van der Waals surface area (Å²) in [5.41, 5.74) is 5.39. The number of aromatic nitrogens is 1. The van der Waals surface area contributed by atoms with Crippen LogP contribution in [-0.4, -0.2) is 29.1 Å². The number of anilines is 1. The molecule has 3 nitrogen and oxygen atoms in total. The van der Waals surface area contributed by atoms with Crippen molar-refractivity contribution in [2.24, 2.45) is 0 Å². The number of nitrogens with zero attached hydrogens (tertiary/aromatic N) is 2. The molecule has 1 aromatic heterocycles. The lowest BCUT2D eigenvalue weighted by molar-refractivity contribution is -0.146. The van der Waals surface area contributed by atoms with Gasteiger partial charge in [0.1, 0.15) is 0 Å². The first-order valence-electron chi connectivity index (χ1n) is 4.40. The maximum atomic E-state index is 12.1. The monoisotopic (exact) mass is 275 g/mol. The average molecular weight is 276 g/mol. The third-order valence-electron chi connectivity index (χ3n) is 1.80. The molecule has 0 radical (unpaired) electrons. The molecule has 16 heavy (non-hydrogen) atoms. The van der Waals surface area contributed by atoms with Crippen LogP contribution in [0, 0.1) is 0 Å². The maximum Gasteiger partial charge on any atom is 0.401 e. The minimum atomic E-state index is -4.16. The first kappa shape index (κ1) is 15.5. The second-order valence-corrected chi connectivity index (χ2v) is 4.23. The van der Waals surface area contributed by atoms with Gasteiger partial charge in [-0.2, -0.15) is 13.2 Å². The van der Waals surface area contributed by atoms with Gasteiger partial charge in [0.05, 0.1) is 6.54 Å². The van der Waals surface area contributed by atoms with Gasteiger partial charge < -0.3 is 5.73 Å². The van der Waals surface area contributed by atoms with E-state index >= 15 is 0 Å². The Morgan fingerprint density at radius 3 is 2.50 bits per heavy atom. The summed E-state index contributed by atoms with van der Waals surface area (Å²) >= 11 is 1.22. The zero-order valence-electron chi connectivity index (χ0n) is 8.62. The standard InChI is InChI=1S/C8H12F3N3S.ClH/c1-2-14(5-8(9,10)11)4-6-3-13-7(12)15-6;/h3H,2,4-5H2,1H3,(H2,12,13);1H. The molecule has 0 saturated carbocycles. The molecule has 8 heteroatoms. The summed E-state index contributed by atoms with van der Waals surface area (Å²) in [4.78, 5) is 5.84. The van der Waals surface area contributed by atoms with Crippen LogP contribution < -0.4 is 5.73 Å². The topological polar surface area (TPSA) is 42.2 Å². The Labute approximate surface area is 102 Å². The van der Waals surface area contributed by atoms with E-state index in [4.69, 9.17) is 5.73 Å². The molecule has 94 valence electrons. The Balaban J connectivity index is 0.00000225. The Kier molecular flexibility index (Phi) is 6.06. The number of hydrogen-bond donors (Lipinski definition) is 1. The smallest absolute Gasteiger partial charge is 0.375 e. The highest BCUT2D eigenvalue weighted by Crippen LogP contribution is 2.20. The highest BCUT2D eigenvalue weighted by molar-refractivity contribution is 7.15. The Bertz CT molecular complexity index is 316. The zero-order valence-corrected chi connectivity index (χ0v) is 10.3. The molecule has 1 rings (SSSR count). The number of hydrogen-bond acceptors (Lipinski definition) is 4. The van der Waals surface area contributed by atoms with Gasteiger partial charge in [0.25, 0.3) is 0 Å². The van der Waals surface area contributed by atoms with Gasteiger partial charge in [-0.15, -0.1) is 23.7 Å². The third kappa shape index (κ3) is 5.53. The lowest BCUT2D eigenvalue weighted by Crippen LogP contribution is -2.33. The van der Waals surface area contributed by atoms with Gasteiger partial charge in [-0.1, -0.05) is 6.92 Å².